The first-order chi connectivity index (χ1) is 5.29. The number of oxazole rings is 1. The third-order valence-corrected chi connectivity index (χ3v) is 0.639. The molecule has 3 heteroatoms. The number of nitrogens with two attached hydrogens (primary N) is 1. The third kappa shape index (κ3) is 6.90. The van der Waals surface area contributed by atoms with Crippen LogP contribution in [-0.4, -0.2) is 4.98 Å². The average molecular weight is 158 g/mol. The highest BCUT2D eigenvalue weighted by Crippen LogP contribution is 1.99. The summed E-state index contributed by atoms with van der Waals surface area (Å²) in [7, 11) is 0. The molecule has 1 heterocycles. The quantitative estimate of drug-likeness (QED) is 0.631. The lowest BCUT2D eigenvalue weighted by Crippen LogP contribution is -1.79. The van der Waals surface area contributed by atoms with Crippen molar-refractivity contribution in [3.8, 4) is 0 Å². The summed E-state index contributed by atoms with van der Waals surface area (Å²) in [4.78, 5) is 3.63. The van der Waals surface area contributed by atoms with Gasteiger partial charge in [0.2, 0.25) is 0 Å². The van der Waals surface area contributed by atoms with Crippen LogP contribution >= 0.6 is 0 Å². The Morgan fingerprint density at radius 1 is 1.27 bits per heavy atom. The first-order valence-electron chi connectivity index (χ1n) is 3.97. The van der Waals surface area contributed by atoms with Gasteiger partial charge in [-0.3, -0.25) is 0 Å². The van der Waals surface area contributed by atoms with Crippen molar-refractivity contribution in [1.29, 1.82) is 0 Å². The molecule has 0 radical (unpaired) electrons. The van der Waals surface area contributed by atoms with E-state index in [1.54, 1.807) is 13.1 Å². The number of hydrogen-bond acceptors (Lipinski definition) is 3. The highest BCUT2D eigenvalue weighted by molar-refractivity contribution is 5.09. The fraction of sp³-hybridized carbons (Fsp3) is 0.625. The number of aromatic nitrogens is 1. The molecule has 1 rings (SSSR count). The maximum Gasteiger partial charge on any atom is 0.292 e. The Hall–Kier alpha value is -0.990. The molecular weight excluding hydrogens is 140 g/mol. The Labute approximate surface area is 68.6 Å². The van der Waals surface area contributed by atoms with Crippen LogP contribution < -0.4 is 5.73 Å². The van der Waals surface area contributed by atoms with Gasteiger partial charge in [-0.1, -0.05) is 27.7 Å². The van der Waals surface area contributed by atoms with E-state index >= 15 is 0 Å². The van der Waals surface area contributed by atoms with E-state index in [4.69, 9.17) is 10.2 Å². The van der Waals surface area contributed by atoms with Crippen LogP contribution in [0.2, 0.25) is 0 Å². The van der Waals surface area contributed by atoms with E-state index < -0.39 is 0 Å². The molecule has 0 aliphatic heterocycles. The smallest absolute Gasteiger partial charge is 0.292 e. The van der Waals surface area contributed by atoms with Crippen LogP contribution in [0.5, 0.6) is 0 Å². The molecule has 1 aromatic rings. The van der Waals surface area contributed by atoms with Crippen molar-refractivity contribution >= 4 is 6.01 Å². The lowest BCUT2D eigenvalue weighted by molar-refractivity contribution is 0.548. The van der Waals surface area contributed by atoms with Gasteiger partial charge in [0.15, 0.2) is 0 Å². The molecule has 66 valence electrons. The zero-order valence-electron chi connectivity index (χ0n) is 8.01. The van der Waals surface area contributed by atoms with Gasteiger partial charge in [0.1, 0.15) is 5.76 Å². The van der Waals surface area contributed by atoms with Crippen molar-refractivity contribution < 1.29 is 4.42 Å². The van der Waals surface area contributed by atoms with Gasteiger partial charge in [-0.15, -0.1) is 0 Å². The van der Waals surface area contributed by atoms with E-state index in [-0.39, 0.29) is 6.01 Å². The van der Waals surface area contributed by atoms with Crippen LogP contribution in [0.3, 0.4) is 0 Å². The molecule has 0 bridgehead atoms. The zero-order valence-corrected chi connectivity index (χ0v) is 8.01. The summed E-state index contributed by atoms with van der Waals surface area (Å²) in [5.74, 6) is 0.748. The van der Waals surface area contributed by atoms with Crippen molar-refractivity contribution in [3.05, 3.63) is 12.0 Å². The van der Waals surface area contributed by atoms with Crippen molar-refractivity contribution in [2.45, 2.75) is 34.6 Å². The molecule has 0 unspecified atom stereocenters. The van der Waals surface area contributed by atoms with E-state index in [0.717, 1.165) is 5.76 Å². The lowest BCUT2D eigenvalue weighted by Gasteiger charge is -1.73. The van der Waals surface area contributed by atoms with Gasteiger partial charge >= 0.3 is 0 Å². The summed E-state index contributed by atoms with van der Waals surface area (Å²) in [6.45, 7) is 9.80. The summed E-state index contributed by atoms with van der Waals surface area (Å²) in [5.41, 5.74) is 5.10. The van der Waals surface area contributed by atoms with Crippen LogP contribution in [0.4, 0.5) is 6.01 Å². The minimum absolute atomic E-state index is 0.234. The van der Waals surface area contributed by atoms with Gasteiger partial charge in [-0.2, -0.15) is 0 Å². The fourth-order valence-corrected chi connectivity index (χ4v) is 0.372. The molecule has 0 atom stereocenters. The molecule has 0 aromatic carbocycles. The summed E-state index contributed by atoms with van der Waals surface area (Å²) in [5, 5.41) is 0. The molecular formula is C8H18N2O. The highest BCUT2D eigenvalue weighted by Gasteiger charge is 1.88. The second-order valence-corrected chi connectivity index (χ2v) is 1.31. The van der Waals surface area contributed by atoms with E-state index in [2.05, 4.69) is 4.98 Å². The number of nitrogen functional groups attached to an aromatic ring is 1. The maximum atomic E-state index is 5.10. The van der Waals surface area contributed by atoms with Gasteiger partial charge in [0.25, 0.3) is 6.01 Å². The lowest BCUT2D eigenvalue weighted by atomic mass is 10.6. The van der Waals surface area contributed by atoms with E-state index in [1.165, 1.54) is 0 Å². The Balaban J connectivity index is 0. The summed E-state index contributed by atoms with van der Waals surface area (Å²) in [6, 6.07) is 0.234. The van der Waals surface area contributed by atoms with Crippen LogP contribution in [0.25, 0.3) is 0 Å². The van der Waals surface area contributed by atoms with E-state index in [9.17, 15) is 0 Å². The largest absolute Gasteiger partial charge is 0.429 e. The number of rotatable bonds is 0. The molecule has 0 aliphatic rings. The number of aryl methyl sites for hydroxylation is 1. The second-order valence-electron chi connectivity index (χ2n) is 1.31. The van der Waals surface area contributed by atoms with Crippen LogP contribution in [-0.2, 0) is 0 Å². The number of nitrogens with zero attached hydrogens (tertiary/aromatic N) is 1. The predicted octanol–water partition coefficient (Wildman–Crippen LogP) is 2.62. The molecule has 0 fully saturated rings. The number of hydrogen-bond donors (Lipinski definition) is 1. The maximum absolute atomic E-state index is 5.10. The van der Waals surface area contributed by atoms with Gasteiger partial charge in [0, 0.05) is 0 Å². The standard InChI is InChI=1S/C4H6N2O.2C2H6/c1-3-2-6-4(5)7-3;2*1-2/h2H,1H3,(H2,5,6);2*1-2H3. The molecule has 2 N–H and O–H groups in total. The summed E-state index contributed by atoms with van der Waals surface area (Å²) < 4.78 is 4.75. The van der Waals surface area contributed by atoms with E-state index in [1.807, 2.05) is 27.7 Å². The molecule has 11 heavy (non-hydrogen) atoms. The van der Waals surface area contributed by atoms with Crippen molar-refractivity contribution in [3.63, 3.8) is 0 Å². The van der Waals surface area contributed by atoms with Crippen molar-refractivity contribution in [1.82, 2.24) is 4.98 Å². The molecule has 0 amide bonds. The third-order valence-electron chi connectivity index (χ3n) is 0.639. The second kappa shape index (κ2) is 9.01. The molecule has 0 spiro atoms. The highest BCUT2D eigenvalue weighted by atomic mass is 16.4. The Morgan fingerprint density at radius 3 is 1.82 bits per heavy atom. The first kappa shape index (κ1) is 12.7. The van der Waals surface area contributed by atoms with Crippen molar-refractivity contribution in [2.24, 2.45) is 0 Å². The van der Waals surface area contributed by atoms with Gasteiger partial charge in [0.05, 0.1) is 6.20 Å². The van der Waals surface area contributed by atoms with Crippen LogP contribution in [0.1, 0.15) is 33.5 Å². The topological polar surface area (TPSA) is 52.0 Å². The molecule has 3 nitrogen and oxygen atoms in total. The van der Waals surface area contributed by atoms with Crippen LogP contribution in [0, 0.1) is 6.92 Å². The zero-order chi connectivity index (χ0) is 9.28. The minimum atomic E-state index is 0.234. The summed E-state index contributed by atoms with van der Waals surface area (Å²) >= 11 is 0. The Kier molecular flexibility index (Phi) is 10.4. The monoisotopic (exact) mass is 158 g/mol. The molecule has 0 aliphatic carbocycles. The van der Waals surface area contributed by atoms with Gasteiger partial charge in [-0.05, 0) is 6.92 Å². The Bertz CT molecular complexity index is 144. The van der Waals surface area contributed by atoms with E-state index in [0.29, 0.717) is 0 Å². The van der Waals surface area contributed by atoms with Crippen LogP contribution in [0.15, 0.2) is 10.6 Å². The SMILES string of the molecule is CC.CC.Cc1cnc(N)o1. The first-order valence-corrected chi connectivity index (χ1v) is 3.97. The number of anilines is 1. The van der Waals surface area contributed by atoms with Gasteiger partial charge < -0.3 is 10.2 Å². The fourth-order valence-electron chi connectivity index (χ4n) is 0.372. The molecule has 1 aromatic heterocycles. The Morgan fingerprint density at radius 2 is 1.73 bits per heavy atom. The predicted molar refractivity (Wildman–Crippen MR) is 48.3 cm³/mol. The average Bonchev–Trinajstić information content (AvgIpc) is 2.43. The molecule has 0 saturated heterocycles. The molecule has 0 saturated carbocycles. The normalized spacial score (nSPS) is 7.00. The minimum Gasteiger partial charge on any atom is -0.429 e. The van der Waals surface area contributed by atoms with Crippen molar-refractivity contribution in [2.75, 3.05) is 5.73 Å². The van der Waals surface area contributed by atoms with Gasteiger partial charge in [-0.25, -0.2) is 4.98 Å². The summed E-state index contributed by atoms with van der Waals surface area (Å²) in [6.07, 6.45) is 1.58.